The summed E-state index contributed by atoms with van der Waals surface area (Å²) < 4.78 is 18.3. The van der Waals surface area contributed by atoms with Gasteiger partial charge in [-0.2, -0.15) is 0 Å². The lowest BCUT2D eigenvalue weighted by atomic mass is 9.97. The SMILES string of the molecule is Cc1cc(C(NN)c2ccc(F)cc2C)co1. The highest BCUT2D eigenvalue weighted by atomic mass is 19.1. The number of aryl methyl sites for hydroxylation is 2. The molecule has 1 aromatic heterocycles. The normalized spacial score (nSPS) is 12.7. The Kier molecular flexibility index (Phi) is 3.26. The first-order valence-corrected chi connectivity index (χ1v) is 5.39. The van der Waals surface area contributed by atoms with E-state index in [1.165, 1.54) is 12.1 Å². The second-order valence-corrected chi connectivity index (χ2v) is 4.09. The summed E-state index contributed by atoms with van der Waals surface area (Å²) in [5, 5.41) is 0. The molecule has 1 aromatic carbocycles. The Morgan fingerprint density at radius 1 is 1.29 bits per heavy atom. The van der Waals surface area contributed by atoms with Crippen molar-refractivity contribution < 1.29 is 8.81 Å². The maximum Gasteiger partial charge on any atom is 0.123 e. The maximum absolute atomic E-state index is 13.1. The van der Waals surface area contributed by atoms with Crippen LogP contribution >= 0.6 is 0 Å². The molecular weight excluding hydrogens is 219 g/mol. The summed E-state index contributed by atoms with van der Waals surface area (Å²) in [6.45, 7) is 3.73. The molecule has 3 N–H and O–H groups in total. The molecule has 0 saturated carbocycles. The summed E-state index contributed by atoms with van der Waals surface area (Å²) >= 11 is 0. The van der Waals surface area contributed by atoms with Crippen LogP contribution in [0.4, 0.5) is 4.39 Å². The second-order valence-electron chi connectivity index (χ2n) is 4.09. The summed E-state index contributed by atoms with van der Waals surface area (Å²) in [5.74, 6) is 6.14. The molecule has 0 spiro atoms. The van der Waals surface area contributed by atoms with Crippen LogP contribution in [0.3, 0.4) is 0 Å². The summed E-state index contributed by atoms with van der Waals surface area (Å²) in [6, 6.07) is 6.38. The van der Waals surface area contributed by atoms with Gasteiger partial charge in [-0.3, -0.25) is 5.84 Å². The van der Waals surface area contributed by atoms with E-state index in [-0.39, 0.29) is 11.9 Å². The molecule has 0 aliphatic heterocycles. The standard InChI is InChI=1S/C13H15FN2O/c1-8-5-11(14)3-4-12(8)13(16-15)10-6-9(2)17-7-10/h3-7,13,16H,15H2,1-2H3. The zero-order chi connectivity index (χ0) is 12.4. The van der Waals surface area contributed by atoms with Crippen molar-refractivity contribution in [3.05, 3.63) is 58.8 Å². The van der Waals surface area contributed by atoms with Gasteiger partial charge in [0, 0.05) is 5.56 Å². The van der Waals surface area contributed by atoms with E-state index >= 15 is 0 Å². The van der Waals surface area contributed by atoms with Crippen LogP contribution in [-0.4, -0.2) is 0 Å². The Balaban J connectivity index is 2.42. The van der Waals surface area contributed by atoms with Crippen molar-refractivity contribution in [1.29, 1.82) is 0 Å². The van der Waals surface area contributed by atoms with Crippen molar-refractivity contribution in [2.45, 2.75) is 19.9 Å². The van der Waals surface area contributed by atoms with Crippen molar-refractivity contribution in [3.63, 3.8) is 0 Å². The van der Waals surface area contributed by atoms with E-state index in [4.69, 9.17) is 10.3 Å². The smallest absolute Gasteiger partial charge is 0.123 e. The van der Waals surface area contributed by atoms with Crippen LogP contribution < -0.4 is 11.3 Å². The molecule has 2 rings (SSSR count). The van der Waals surface area contributed by atoms with E-state index in [0.29, 0.717) is 0 Å². The molecule has 3 nitrogen and oxygen atoms in total. The van der Waals surface area contributed by atoms with Crippen LogP contribution in [0.2, 0.25) is 0 Å². The van der Waals surface area contributed by atoms with Gasteiger partial charge in [0.05, 0.1) is 12.3 Å². The molecule has 0 radical (unpaired) electrons. The Hall–Kier alpha value is -1.65. The molecule has 4 heteroatoms. The van der Waals surface area contributed by atoms with Gasteiger partial charge in [-0.05, 0) is 43.2 Å². The minimum atomic E-state index is -0.245. The number of hydrazine groups is 1. The fraction of sp³-hybridized carbons (Fsp3) is 0.231. The molecule has 1 unspecified atom stereocenters. The first-order chi connectivity index (χ1) is 8.11. The van der Waals surface area contributed by atoms with Crippen LogP contribution in [0.25, 0.3) is 0 Å². The molecule has 0 saturated heterocycles. The van der Waals surface area contributed by atoms with E-state index in [2.05, 4.69) is 5.43 Å². The topological polar surface area (TPSA) is 51.2 Å². The number of rotatable bonds is 3. The maximum atomic E-state index is 13.1. The van der Waals surface area contributed by atoms with Crippen molar-refractivity contribution in [2.24, 2.45) is 5.84 Å². The van der Waals surface area contributed by atoms with Crippen molar-refractivity contribution in [3.8, 4) is 0 Å². The number of hydrogen-bond acceptors (Lipinski definition) is 3. The van der Waals surface area contributed by atoms with Crippen molar-refractivity contribution in [2.75, 3.05) is 0 Å². The number of nitrogens with one attached hydrogen (secondary N) is 1. The Morgan fingerprint density at radius 3 is 2.59 bits per heavy atom. The number of benzene rings is 1. The van der Waals surface area contributed by atoms with Crippen LogP contribution in [0.15, 0.2) is 34.9 Å². The number of halogens is 1. The highest BCUT2D eigenvalue weighted by Crippen LogP contribution is 2.26. The third-order valence-corrected chi connectivity index (χ3v) is 2.79. The number of hydrogen-bond donors (Lipinski definition) is 2. The largest absolute Gasteiger partial charge is 0.469 e. The summed E-state index contributed by atoms with van der Waals surface area (Å²) in [6.07, 6.45) is 1.66. The van der Waals surface area contributed by atoms with E-state index in [0.717, 1.165) is 22.5 Å². The fourth-order valence-corrected chi connectivity index (χ4v) is 1.94. The molecule has 90 valence electrons. The molecule has 1 heterocycles. The van der Waals surface area contributed by atoms with E-state index in [9.17, 15) is 4.39 Å². The fourth-order valence-electron chi connectivity index (χ4n) is 1.94. The minimum Gasteiger partial charge on any atom is -0.469 e. The molecule has 1 atom stereocenters. The summed E-state index contributed by atoms with van der Waals surface area (Å²) in [7, 11) is 0. The molecule has 2 aromatic rings. The summed E-state index contributed by atoms with van der Waals surface area (Å²) in [5.41, 5.74) is 5.45. The zero-order valence-electron chi connectivity index (χ0n) is 9.83. The van der Waals surface area contributed by atoms with Crippen LogP contribution in [-0.2, 0) is 0 Å². The van der Waals surface area contributed by atoms with Gasteiger partial charge in [-0.15, -0.1) is 0 Å². The lowest BCUT2D eigenvalue weighted by Gasteiger charge is -2.17. The lowest BCUT2D eigenvalue weighted by Crippen LogP contribution is -2.29. The highest BCUT2D eigenvalue weighted by molar-refractivity contribution is 5.36. The number of nitrogens with two attached hydrogens (primary N) is 1. The van der Waals surface area contributed by atoms with Gasteiger partial charge in [0.25, 0.3) is 0 Å². The van der Waals surface area contributed by atoms with Gasteiger partial charge in [0.15, 0.2) is 0 Å². The second kappa shape index (κ2) is 4.69. The first kappa shape index (κ1) is 11.8. The van der Waals surface area contributed by atoms with Gasteiger partial charge in [0.2, 0.25) is 0 Å². The van der Waals surface area contributed by atoms with Gasteiger partial charge in [-0.1, -0.05) is 6.07 Å². The monoisotopic (exact) mass is 234 g/mol. The average Bonchev–Trinajstić information content (AvgIpc) is 2.69. The van der Waals surface area contributed by atoms with Gasteiger partial charge in [0.1, 0.15) is 11.6 Å². The molecule has 17 heavy (non-hydrogen) atoms. The Bertz CT molecular complexity index is 522. The Morgan fingerprint density at radius 2 is 2.06 bits per heavy atom. The third kappa shape index (κ3) is 2.38. The van der Waals surface area contributed by atoms with E-state index < -0.39 is 0 Å². The van der Waals surface area contributed by atoms with Gasteiger partial charge in [-0.25, -0.2) is 9.82 Å². The summed E-state index contributed by atoms with van der Waals surface area (Å²) in [4.78, 5) is 0. The molecule has 0 bridgehead atoms. The van der Waals surface area contributed by atoms with E-state index in [1.807, 2.05) is 19.9 Å². The van der Waals surface area contributed by atoms with Gasteiger partial charge >= 0.3 is 0 Å². The first-order valence-electron chi connectivity index (χ1n) is 5.39. The third-order valence-electron chi connectivity index (χ3n) is 2.79. The highest BCUT2D eigenvalue weighted by Gasteiger charge is 2.16. The predicted molar refractivity (Wildman–Crippen MR) is 63.7 cm³/mol. The molecular formula is C13H15FN2O. The van der Waals surface area contributed by atoms with Gasteiger partial charge < -0.3 is 4.42 Å². The lowest BCUT2D eigenvalue weighted by molar-refractivity contribution is 0.525. The van der Waals surface area contributed by atoms with Crippen LogP contribution in [0.1, 0.15) is 28.5 Å². The van der Waals surface area contributed by atoms with Crippen molar-refractivity contribution in [1.82, 2.24) is 5.43 Å². The predicted octanol–water partition coefficient (Wildman–Crippen LogP) is 2.59. The molecule has 0 aliphatic carbocycles. The quantitative estimate of drug-likeness (QED) is 0.634. The van der Waals surface area contributed by atoms with Crippen molar-refractivity contribution >= 4 is 0 Å². The average molecular weight is 234 g/mol. The zero-order valence-corrected chi connectivity index (χ0v) is 9.83. The Labute approximate surface area is 99.4 Å². The molecule has 0 amide bonds. The minimum absolute atomic E-state index is 0.187. The van der Waals surface area contributed by atoms with Crippen LogP contribution in [0, 0.1) is 19.7 Å². The number of furan rings is 1. The van der Waals surface area contributed by atoms with E-state index in [1.54, 1.807) is 12.3 Å². The molecule has 0 aliphatic rings. The molecule has 0 fully saturated rings. The van der Waals surface area contributed by atoms with Crippen LogP contribution in [0.5, 0.6) is 0 Å².